The van der Waals surface area contributed by atoms with E-state index in [2.05, 4.69) is 21.2 Å². The molecule has 2 aliphatic rings. The molecule has 0 radical (unpaired) electrons. The Balaban J connectivity index is 1.52. The molecule has 0 saturated carbocycles. The van der Waals surface area contributed by atoms with Crippen LogP contribution in [0.25, 0.3) is 10.8 Å². The van der Waals surface area contributed by atoms with Crippen molar-refractivity contribution < 1.29 is 19.1 Å². The Kier molecular flexibility index (Phi) is 4.03. The lowest BCUT2D eigenvalue weighted by Crippen LogP contribution is -2.41. The van der Waals surface area contributed by atoms with Crippen LogP contribution in [0.5, 0.6) is 11.5 Å². The third-order valence-electron chi connectivity index (χ3n) is 5.47. The van der Waals surface area contributed by atoms with Crippen LogP contribution in [0.4, 0.5) is 4.79 Å². The minimum atomic E-state index is -1.14. The van der Waals surface area contributed by atoms with Gasteiger partial charge >= 0.3 is 6.03 Å². The third-order valence-corrected chi connectivity index (χ3v) is 6.21. The van der Waals surface area contributed by atoms with Crippen LogP contribution in [0.3, 0.4) is 0 Å². The molecule has 3 aromatic rings. The maximum absolute atomic E-state index is 13.4. The zero-order valence-corrected chi connectivity index (χ0v) is 17.2. The molecule has 146 valence electrons. The number of halogens is 1. The van der Waals surface area contributed by atoms with Crippen LogP contribution in [0, 0.1) is 0 Å². The second-order valence-corrected chi connectivity index (χ2v) is 8.12. The van der Waals surface area contributed by atoms with E-state index in [1.807, 2.05) is 42.5 Å². The van der Waals surface area contributed by atoms with Crippen molar-refractivity contribution in [3.8, 4) is 11.5 Å². The summed E-state index contributed by atoms with van der Waals surface area (Å²) in [6, 6.07) is 16.8. The topological polar surface area (TPSA) is 67.9 Å². The molecule has 5 rings (SSSR count). The predicted molar refractivity (Wildman–Crippen MR) is 111 cm³/mol. The Morgan fingerprint density at radius 3 is 2.62 bits per heavy atom. The first-order chi connectivity index (χ1) is 14.0. The van der Waals surface area contributed by atoms with E-state index in [4.69, 9.17) is 9.47 Å². The highest BCUT2D eigenvalue weighted by Crippen LogP contribution is 2.39. The van der Waals surface area contributed by atoms with E-state index in [9.17, 15) is 9.59 Å². The Bertz CT molecular complexity index is 1170. The van der Waals surface area contributed by atoms with Gasteiger partial charge in [-0.25, -0.2) is 4.79 Å². The van der Waals surface area contributed by atoms with Gasteiger partial charge in [-0.15, -0.1) is 0 Å². The maximum Gasteiger partial charge on any atom is 0.325 e. The van der Waals surface area contributed by atoms with E-state index in [0.717, 1.165) is 26.4 Å². The van der Waals surface area contributed by atoms with Gasteiger partial charge in [0.15, 0.2) is 11.5 Å². The van der Waals surface area contributed by atoms with Crippen molar-refractivity contribution in [1.29, 1.82) is 0 Å². The second kappa shape index (κ2) is 6.49. The molecule has 1 N–H and O–H groups in total. The van der Waals surface area contributed by atoms with Crippen LogP contribution in [0.1, 0.15) is 18.1 Å². The van der Waals surface area contributed by atoms with Crippen LogP contribution in [0.2, 0.25) is 0 Å². The molecule has 0 aliphatic carbocycles. The maximum atomic E-state index is 13.4. The molecular formula is C22H17BrN2O4. The second-order valence-electron chi connectivity index (χ2n) is 7.27. The Morgan fingerprint density at radius 1 is 1.07 bits per heavy atom. The average Bonchev–Trinajstić information content (AvgIpc) is 3.25. The van der Waals surface area contributed by atoms with Crippen LogP contribution in [0.15, 0.2) is 59.1 Å². The molecule has 2 heterocycles. The fourth-order valence-corrected chi connectivity index (χ4v) is 4.38. The largest absolute Gasteiger partial charge is 0.454 e. The quantitative estimate of drug-likeness (QED) is 0.601. The van der Waals surface area contributed by atoms with E-state index >= 15 is 0 Å². The summed E-state index contributed by atoms with van der Waals surface area (Å²) in [4.78, 5) is 27.4. The number of imide groups is 1. The molecular weight excluding hydrogens is 436 g/mol. The Labute approximate surface area is 175 Å². The first kappa shape index (κ1) is 18.0. The fourth-order valence-electron chi connectivity index (χ4n) is 3.94. The normalized spacial score (nSPS) is 20.4. The summed E-state index contributed by atoms with van der Waals surface area (Å²) in [5.41, 5.74) is 0.405. The lowest BCUT2D eigenvalue weighted by molar-refractivity contribution is -0.131. The number of rotatable bonds is 3. The molecule has 7 heteroatoms. The van der Waals surface area contributed by atoms with Gasteiger partial charge < -0.3 is 14.8 Å². The van der Waals surface area contributed by atoms with Gasteiger partial charge in [0.2, 0.25) is 6.79 Å². The van der Waals surface area contributed by atoms with E-state index in [-0.39, 0.29) is 19.2 Å². The van der Waals surface area contributed by atoms with Crippen LogP contribution >= 0.6 is 15.9 Å². The van der Waals surface area contributed by atoms with Gasteiger partial charge in [-0.1, -0.05) is 58.4 Å². The summed E-state index contributed by atoms with van der Waals surface area (Å²) in [5, 5.41) is 4.86. The van der Waals surface area contributed by atoms with Crippen LogP contribution < -0.4 is 14.8 Å². The van der Waals surface area contributed by atoms with Crippen molar-refractivity contribution in [3.05, 3.63) is 70.2 Å². The van der Waals surface area contributed by atoms with Gasteiger partial charge in [0.05, 0.1) is 6.54 Å². The number of hydrogen-bond acceptors (Lipinski definition) is 4. The molecule has 0 aromatic heterocycles. The van der Waals surface area contributed by atoms with Crippen LogP contribution in [-0.2, 0) is 16.9 Å². The summed E-state index contributed by atoms with van der Waals surface area (Å²) in [6.07, 6.45) is 0. The van der Waals surface area contributed by atoms with Crippen molar-refractivity contribution in [1.82, 2.24) is 10.2 Å². The summed E-state index contributed by atoms with van der Waals surface area (Å²) >= 11 is 3.50. The molecule has 1 atom stereocenters. The highest BCUT2D eigenvalue weighted by Gasteiger charge is 2.49. The fraction of sp³-hybridized carbons (Fsp3) is 0.182. The zero-order valence-electron chi connectivity index (χ0n) is 15.6. The van der Waals surface area contributed by atoms with Crippen molar-refractivity contribution >= 4 is 38.6 Å². The smallest absolute Gasteiger partial charge is 0.325 e. The van der Waals surface area contributed by atoms with Crippen molar-refractivity contribution in [2.24, 2.45) is 0 Å². The highest BCUT2D eigenvalue weighted by atomic mass is 79.9. The van der Waals surface area contributed by atoms with E-state index in [1.54, 1.807) is 19.1 Å². The summed E-state index contributed by atoms with van der Waals surface area (Å²) in [6.45, 7) is 2.04. The van der Waals surface area contributed by atoms with Gasteiger partial charge in [0.1, 0.15) is 5.54 Å². The van der Waals surface area contributed by atoms with Gasteiger partial charge in [-0.3, -0.25) is 9.69 Å². The van der Waals surface area contributed by atoms with E-state index in [0.29, 0.717) is 11.5 Å². The predicted octanol–water partition coefficient (Wildman–Crippen LogP) is 4.30. The number of fused-ring (bicyclic) bond motifs is 2. The standard InChI is InChI=1S/C22H17BrN2O4/c1-22(16-8-4-6-13-5-2-3-7-15(13)16)20(26)25(21(27)24-22)11-14-9-18-19(10-17(14)23)29-12-28-18/h2-10H,11-12H2,1H3,(H,24,27)/t22-/m0/s1. The Morgan fingerprint density at radius 2 is 1.79 bits per heavy atom. The monoisotopic (exact) mass is 452 g/mol. The average molecular weight is 453 g/mol. The number of urea groups is 1. The lowest BCUT2D eigenvalue weighted by Gasteiger charge is -2.24. The zero-order chi connectivity index (χ0) is 20.2. The first-order valence-electron chi connectivity index (χ1n) is 9.18. The number of hydrogen-bond donors (Lipinski definition) is 1. The molecule has 1 fully saturated rings. The first-order valence-corrected chi connectivity index (χ1v) is 9.97. The number of nitrogens with zero attached hydrogens (tertiary/aromatic N) is 1. The number of carbonyl (C=O) groups is 2. The third kappa shape index (κ3) is 2.76. The van der Waals surface area contributed by atoms with Crippen LogP contribution in [-0.4, -0.2) is 23.6 Å². The van der Waals surface area contributed by atoms with Crippen molar-refractivity contribution in [2.75, 3.05) is 6.79 Å². The lowest BCUT2D eigenvalue weighted by atomic mass is 9.88. The molecule has 3 amide bonds. The van der Waals surface area contributed by atoms with Crippen molar-refractivity contribution in [3.63, 3.8) is 0 Å². The summed E-state index contributed by atoms with van der Waals surface area (Å²) in [7, 11) is 0. The molecule has 6 nitrogen and oxygen atoms in total. The summed E-state index contributed by atoms with van der Waals surface area (Å²) < 4.78 is 11.5. The van der Waals surface area contributed by atoms with Gasteiger partial charge in [0, 0.05) is 4.47 Å². The number of benzene rings is 3. The molecule has 0 bridgehead atoms. The Hall–Kier alpha value is -3.06. The SMILES string of the molecule is C[C@@]1(c2cccc3ccccc23)NC(=O)N(Cc2cc3c(cc2Br)OCO3)C1=O. The highest BCUT2D eigenvalue weighted by molar-refractivity contribution is 9.10. The van der Waals surface area contributed by atoms with E-state index < -0.39 is 11.6 Å². The number of amides is 3. The number of carbonyl (C=O) groups excluding carboxylic acids is 2. The minimum Gasteiger partial charge on any atom is -0.454 e. The minimum absolute atomic E-state index is 0.127. The molecule has 29 heavy (non-hydrogen) atoms. The van der Waals surface area contributed by atoms with Gasteiger partial charge in [0.25, 0.3) is 5.91 Å². The number of ether oxygens (including phenoxy) is 2. The molecule has 2 aliphatic heterocycles. The molecule has 0 unspecified atom stereocenters. The molecule has 1 saturated heterocycles. The van der Waals surface area contributed by atoms with Crippen molar-refractivity contribution in [2.45, 2.75) is 19.0 Å². The molecule has 3 aromatic carbocycles. The number of nitrogens with one attached hydrogen (secondary N) is 1. The molecule has 0 spiro atoms. The van der Waals surface area contributed by atoms with Gasteiger partial charge in [-0.05, 0) is 41.0 Å². The summed E-state index contributed by atoms with van der Waals surface area (Å²) in [5.74, 6) is 0.953. The van der Waals surface area contributed by atoms with E-state index in [1.165, 1.54) is 4.90 Å². The van der Waals surface area contributed by atoms with Gasteiger partial charge in [-0.2, -0.15) is 0 Å².